The Bertz CT molecular complexity index is 2890. The molecule has 2 heterocycles. The number of allylic oxidation sites excluding steroid dienone is 4. The Morgan fingerprint density at radius 1 is 0.603 bits per heavy atom. The number of anilines is 6. The van der Waals surface area contributed by atoms with E-state index in [1.165, 1.54) is 5.70 Å². The second kappa shape index (κ2) is 15.0. The van der Waals surface area contributed by atoms with Crippen LogP contribution in [0.4, 0.5) is 34.1 Å². The SMILES string of the molecule is CC1CCC/C=C\C=C/1N(c1ccccc1)c1ccc(N2c3ccc(Br)cc3N(c3ccc4c(c3)c3ccccc3n4-c3ccccc3)P2(=O)c2ccccc2)cc1. The molecule has 0 bridgehead atoms. The quantitative estimate of drug-likeness (QED) is 0.150. The van der Waals surface area contributed by atoms with Gasteiger partial charge in [0.1, 0.15) is 0 Å². The third-order valence-corrected chi connectivity index (χ3v) is 14.9. The lowest BCUT2D eigenvalue weighted by Crippen LogP contribution is -2.26. The van der Waals surface area contributed by atoms with Crippen LogP contribution in [0.3, 0.4) is 0 Å². The Labute approximate surface area is 348 Å². The number of rotatable bonds is 7. The summed E-state index contributed by atoms with van der Waals surface area (Å²) in [5.41, 5.74) is 10.2. The summed E-state index contributed by atoms with van der Waals surface area (Å²) >= 11 is 3.78. The van der Waals surface area contributed by atoms with Gasteiger partial charge < -0.3 is 9.47 Å². The predicted octanol–water partition coefficient (Wildman–Crippen LogP) is 14.8. The number of fused-ring (bicyclic) bond motifs is 4. The lowest BCUT2D eigenvalue weighted by atomic mass is 9.95. The van der Waals surface area contributed by atoms with Crippen molar-refractivity contribution in [2.45, 2.75) is 26.2 Å². The van der Waals surface area contributed by atoms with Gasteiger partial charge in [-0.25, -0.2) is 0 Å². The van der Waals surface area contributed by atoms with Crippen molar-refractivity contribution in [1.82, 2.24) is 4.57 Å². The lowest BCUT2D eigenvalue weighted by molar-refractivity contribution is 0.572. The first-order chi connectivity index (χ1) is 28.5. The number of nitrogens with zero attached hydrogens (tertiary/aromatic N) is 4. The molecule has 0 saturated carbocycles. The highest BCUT2D eigenvalue weighted by atomic mass is 79.9. The number of halogens is 1. The third kappa shape index (κ3) is 6.11. The molecule has 284 valence electrons. The molecule has 8 aromatic rings. The average Bonchev–Trinajstić information content (AvgIpc) is 3.73. The molecule has 2 unspecified atom stereocenters. The van der Waals surface area contributed by atoms with Gasteiger partial charge in [-0.3, -0.25) is 13.9 Å². The van der Waals surface area contributed by atoms with E-state index in [2.05, 4.69) is 193 Å². The zero-order valence-corrected chi connectivity index (χ0v) is 34.7. The van der Waals surface area contributed by atoms with Crippen molar-refractivity contribution in [1.29, 1.82) is 0 Å². The maximum Gasteiger partial charge on any atom is 0.301 e. The van der Waals surface area contributed by atoms with Crippen LogP contribution in [0.5, 0.6) is 0 Å². The highest BCUT2D eigenvalue weighted by Gasteiger charge is 2.49. The minimum absolute atomic E-state index is 0.375. The Kier molecular flexibility index (Phi) is 9.40. The van der Waals surface area contributed by atoms with Crippen molar-refractivity contribution in [2.75, 3.05) is 14.2 Å². The topological polar surface area (TPSA) is 31.7 Å². The number of benzene rings is 7. The largest absolute Gasteiger partial charge is 0.314 e. The van der Waals surface area contributed by atoms with E-state index in [4.69, 9.17) is 0 Å². The van der Waals surface area contributed by atoms with E-state index in [1.807, 2.05) is 42.5 Å². The molecule has 0 fully saturated rings. The Morgan fingerprint density at radius 3 is 2.02 bits per heavy atom. The summed E-state index contributed by atoms with van der Waals surface area (Å²) in [7, 11) is -3.62. The Morgan fingerprint density at radius 2 is 1.24 bits per heavy atom. The van der Waals surface area contributed by atoms with Crippen molar-refractivity contribution in [3.05, 3.63) is 204 Å². The summed E-state index contributed by atoms with van der Waals surface area (Å²) in [5, 5.41) is 3.00. The summed E-state index contributed by atoms with van der Waals surface area (Å²) in [6.07, 6.45) is 10.1. The number of aromatic nitrogens is 1. The maximum absolute atomic E-state index is 16.7. The summed E-state index contributed by atoms with van der Waals surface area (Å²) < 4.78 is 24.1. The molecule has 0 saturated heterocycles. The molecule has 58 heavy (non-hydrogen) atoms. The average molecular weight is 838 g/mol. The fraction of sp³-hybridized carbons (Fsp3) is 0.0980. The monoisotopic (exact) mass is 836 g/mol. The molecule has 5 nitrogen and oxygen atoms in total. The molecule has 1 aliphatic heterocycles. The van der Waals surface area contributed by atoms with E-state index in [0.29, 0.717) is 5.92 Å². The molecule has 7 heteroatoms. The van der Waals surface area contributed by atoms with Crippen LogP contribution < -0.4 is 19.5 Å². The van der Waals surface area contributed by atoms with E-state index in [0.717, 1.165) is 90.7 Å². The highest BCUT2D eigenvalue weighted by Crippen LogP contribution is 2.70. The molecule has 0 N–H and O–H groups in total. The molecule has 0 spiro atoms. The first-order valence-electron chi connectivity index (χ1n) is 20.0. The van der Waals surface area contributed by atoms with Gasteiger partial charge in [-0.15, -0.1) is 0 Å². The highest BCUT2D eigenvalue weighted by molar-refractivity contribution is 9.10. The zero-order chi connectivity index (χ0) is 39.2. The van der Waals surface area contributed by atoms with E-state index >= 15 is 4.57 Å². The normalized spacial score (nSPS) is 19.3. The number of para-hydroxylation sites is 3. The smallest absolute Gasteiger partial charge is 0.301 e. The lowest BCUT2D eigenvalue weighted by Gasteiger charge is -2.34. The van der Waals surface area contributed by atoms with Gasteiger partial charge in [0.2, 0.25) is 0 Å². The number of hydrogen-bond acceptors (Lipinski definition) is 2. The van der Waals surface area contributed by atoms with Gasteiger partial charge in [-0.1, -0.05) is 108 Å². The molecule has 7 aromatic carbocycles. The van der Waals surface area contributed by atoms with Gasteiger partial charge in [0.05, 0.1) is 33.4 Å². The molecule has 2 atom stereocenters. The van der Waals surface area contributed by atoms with Gasteiger partial charge in [-0.05, 0) is 134 Å². The fourth-order valence-corrected chi connectivity index (χ4v) is 12.1. The van der Waals surface area contributed by atoms with Gasteiger partial charge in [0.25, 0.3) is 0 Å². The third-order valence-electron chi connectivity index (χ3n) is 11.5. The van der Waals surface area contributed by atoms with Crippen molar-refractivity contribution < 1.29 is 4.57 Å². The minimum Gasteiger partial charge on any atom is -0.314 e. The molecule has 10 rings (SSSR count). The van der Waals surface area contributed by atoms with Crippen LogP contribution in [0.1, 0.15) is 26.2 Å². The maximum atomic E-state index is 16.7. The van der Waals surface area contributed by atoms with Crippen LogP contribution in [0.2, 0.25) is 0 Å². The molecule has 1 aromatic heterocycles. The molecule has 0 radical (unpaired) electrons. The van der Waals surface area contributed by atoms with Crippen LogP contribution in [0.15, 0.2) is 204 Å². The van der Waals surface area contributed by atoms with Gasteiger partial charge in [0, 0.05) is 43.7 Å². The van der Waals surface area contributed by atoms with E-state index in [1.54, 1.807) is 0 Å². The fourth-order valence-electron chi connectivity index (χ4n) is 8.80. The van der Waals surface area contributed by atoms with Crippen molar-refractivity contribution >= 4 is 84.6 Å². The Hall–Kier alpha value is -6.07. The molecular formula is C51H42BrN4OP. The van der Waals surface area contributed by atoms with Gasteiger partial charge in [-0.2, -0.15) is 0 Å². The van der Waals surface area contributed by atoms with Crippen LogP contribution in [-0.4, -0.2) is 4.57 Å². The second-order valence-electron chi connectivity index (χ2n) is 15.1. The first-order valence-corrected chi connectivity index (χ1v) is 22.4. The summed E-state index contributed by atoms with van der Waals surface area (Å²) in [5.74, 6) is 0.375. The molecular weight excluding hydrogens is 795 g/mol. The molecule has 2 aliphatic rings. The van der Waals surface area contributed by atoms with Crippen LogP contribution in [-0.2, 0) is 4.57 Å². The van der Waals surface area contributed by atoms with Gasteiger partial charge >= 0.3 is 7.44 Å². The Balaban J connectivity index is 1.15. The number of hydrogen-bond donors (Lipinski definition) is 0. The van der Waals surface area contributed by atoms with Crippen LogP contribution >= 0.6 is 23.4 Å². The van der Waals surface area contributed by atoms with Gasteiger partial charge in [0.15, 0.2) is 0 Å². The zero-order valence-electron chi connectivity index (χ0n) is 32.2. The minimum atomic E-state index is -3.62. The van der Waals surface area contributed by atoms with E-state index in [-0.39, 0.29) is 0 Å². The van der Waals surface area contributed by atoms with Crippen molar-refractivity contribution in [3.63, 3.8) is 0 Å². The van der Waals surface area contributed by atoms with Crippen LogP contribution in [0, 0.1) is 5.92 Å². The summed E-state index contributed by atoms with van der Waals surface area (Å²) in [6, 6.07) is 61.0. The van der Waals surface area contributed by atoms with Crippen molar-refractivity contribution in [2.24, 2.45) is 5.92 Å². The summed E-state index contributed by atoms with van der Waals surface area (Å²) in [6.45, 7) is 2.33. The second-order valence-corrected chi connectivity index (χ2v) is 18.4. The summed E-state index contributed by atoms with van der Waals surface area (Å²) in [4.78, 5) is 2.38. The van der Waals surface area contributed by atoms with Crippen LogP contribution in [0.25, 0.3) is 27.5 Å². The van der Waals surface area contributed by atoms with Crippen molar-refractivity contribution in [3.8, 4) is 5.69 Å². The van der Waals surface area contributed by atoms with E-state index < -0.39 is 7.44 Å². The molecule has 1 aliphatic carbocycles. The predicted molar refractivity (Wildman–Crippen MR) is 248 cm³/mol. The first kappa shape index (κ1) is 36.3. The van der Waals surface area contributed by atoms with E-state index in [9.17, 15) is 0 Å². The molecule has 0 amide bonds. The standard InChI is InChI=1S/C51H42BrN4OP/c1-37-17-7-2-3-14-25-47(37)53(39-18-8-4-9-19-39)41-28-30-42(31-29-41)55-50-33-27-38(52)35-51(50)56(58(55,57)44-22-12-6-13-23-44)43-32-34-49-46(36-43)45-24-15-16-26-48(45)54(49)40-20-10-5-11-21-40/h3-6,8-16,18-37H,2,7,17H2,1H3/b14-3-,47-25+.